The van der Waals surface area contributed by atoms with Gasteiger partial charge in [0, 0.05) is 19.6 Å². The molecule has 2 atom stereocenters. The molecule has 2 unspecified atom stereocenters. The summed E-state index contributed by atoms with van der Waals surface area (Å²) in [6, 6.07) is -0.740. The van der Waals surface area contributed by atoms with Crippen LogP contribution in [0.5, 0.6) is 0 Å². The Morgan fingerprint density at radius 1 is 1.44 bits per heavy atom. The zero-order valence-corrected chi connectivity index (χ0v) is 9.93. The highest BCUT2D eigenvalue weighted by Crippen LogP contribution is 1.99. The predicted molar refractivity (Wildman–Crippen MR) is 59.2 cm³/mol. The standard InChI is InChI=1S/C10H20N2O4/c1-4-8(5-9(14)15)11-10(16)12(3)6-7(2)13/h7-8,13H,4-6H2,1-3H3,(H,11,16)(H,14,15). The van der Waals surface area contributed by atoms with Gasteiger partial charge < -0.3 is 20.4 Å². The van der Waals surface area contributed by atoms with Gasteiger partial charge in [-0.3, -0.25) is 4.79 Å². The van der Waals surface area contributed by atoms with E-state index < -0.39 is 12.1 Å². The number of hydrogen-bond acceptors (Lipinski definition) is 3. The number of aliphatic carboxylic acids is 1. The van der Waals surface area contributed by atoms with Crippen LogP contribution in [0.15, 0.2) is 0 Å². The van der Waals surface area contributed by atoms with Crippen molar-refractivity contribution in [1.82, 2.24) is 10.2 Å². The molecule has 0 aromatic carbocycles. The van der Waals surface area contributed by atoms with Crippen LogP contribution in [0.3, 0.4) is 0 Å². The highest BCUT2D eigenvalue weighted by Gasteiger charge is 2.17. The predicted octanol–water partition coefficient (Wildman–Crippen LogP) is 0.262. The Bertz CT molecular complexity index is 243. The number of aliphatic hydroxyl groups excluding tert-OH is 1. The number of carbonyl (C=O) groups is 2. The molecule has 2 amide bonds. The van der Waals surface area contributed by atoms with Crippen LogP contribution in [0.25, 0.3) is 0 Å². The third-order valence-corrected chi connectivity index (χ3v) is 2.13. The Hall–Kier alpha value is -1.30. The van der Waals surface area contributed by atoms with E-state index in [2.05, 4.69) is 5.32 Å². The van der Waals surface area contributed by atoms with E-state index in [1.807, 2.05) is 6.92 Å². The van der Waals surface area contributed by atoms with E-state index in [1.54, 1.807) is 14.0 Å². The number of rotatable bonds is 6. The molecule has 0 saturated carbocycles. The molecule has 0 fully saturated rings. The van der Waals surface area contributed by atoms with Crippen molar-refractivity contribution in [2.24, 2.45) is 0 Å². The van der Waals surface area contributed by atoms with E-state index in [0.717, 1.165) is 0 Å². The molecule has 0 spiro atoms. The van der Waals surface area contributed by atoms with Gasteiger partial charge >= 0.3 is 12.0 Å². The number of nitrogens with zero attached hydrogens (tertiary/aromatic N) is 1. The summed E-state index contributed by atoms with van der Waals surface area (Å²) < 4.78 is 0. The highest BCUT2D eigenvalue weighted by molar-refractivity contribution is 5.75. The van der Waals surface area contributed by atoms with Crippen LogP contribution >= 0.6 is 0 Å². The second-order valence-corrected chi connectivity index (χ2v) is 3.88. The molecular weight excluding hydrogens is 212 g/mol. The molecular formula is C10H20N2O4. The van der Waals surface area contributed by atoms with Crippen LogP contribution in [-0.4, -0.2) is 52.9 Å². The van der Waals surface area contributed by atoms with Crippen LogP contribution in [0, 0.1) is 0 Å². The van der Waals surface area contributed by atoms with Gasteiger partial charge in [-0.15, -0.1) is 0 Å². The number of amides is 2. The number of aliphatic hydroxyl groups is 1. The summed E-state index contributed by atoms with van der Waals surface area (Å²) in [6.07, 6.45) is -0.138. The number of nitrogens with one attached hydrogen (secondary N) is 1. The average molecular weight is 232 g/mol. The van der Waals surface area contributed by atoms with Gasteiger partial charge in [-0.1, -0.05) is 6.92 Å². The number of carboxylic acids is 1. The molecule has 0 bridgehead atoms. The summed E-state index contributed by atoms with van der Waals surface area (Å²) >= 11 is 0. The third-order valence-electron chi connectivity index (χ3n) is 2.13. The lowest BCUT2D eigenvalue weighted by Gasteiger charge is -2.22. The van der Waals surface area contributed by atoms with E-state index in [-0.39, 0.29) is 25.0 Å². The van der Waals surface area contributed by atoms with Crippen molar-refractivity contribution in [3.05, 3.63) is 0 Å². The van der Waals surface area contributed by atoms with Crippen LogP contribution in [-0.2, 0) is 4.79 Å². The maximum Gasteiger partial charge on any atom is 0.317 e. The Morgan fingerprint density at radius 3 is 2.38 bits per heavy atom. The number of carbonyl (C=O) groups excluding carboxylic acids is 1. The van der Waals surface area contributed by atoms with Crippen molar-refractivity contribution in [3.8, 4) is 0 Å². The monoisotopic (exact) mass is 232 g/mol. The van der Waals surface area contributed by atoms with Crippen LogP contribution in [0.1, 0.15) is 26.7 Å². The number of likely N-dealkylation sites (N-methyl/N-ethyl adjacent to an activating group) is 1. The SMILES string of the molecule is CCC(CC(=O)O)NC(=O)N(C)CC(C)O. The lowest BCUT2D eigenvalue weighted by Crippen LogP contribution is -2.45. The summed E-state index contributed by atoms with van der Waals surface area (Å²) in [7, 11) is 1.55. The maximum absolute atomic E-state index is 11.5. The Labute approximate surface area is 95.2 Å². The van der Waals surface area contributed by atoms with Crippen molar-refractivity contribution in [1.29, 1.82) is 0 Å². The smallest absolute Gasteiger partial charge is 0.317 e. The van der Waals surface area contributed by atoms with E-state index in [4.69, 9.17) is 10.2 Å². The summed E-state index contributed by atoms with van der Waals surface area (Å²) in [5, 5.41) is 20.3. The average Bonchev–Trinajstić information content (AvgIpc) is 2.14. The minimum atomic E-state index is -0.940. The molecule has 0 rings (SSSR count). The Balaban J connectivity index is 4.13. The summed E-state index contributed by atoms with van der Waals surface area (Å²) in [6.45, 7) is 3.61. The normalized spacial score (nSPS) is 14.0. The fourth-order valence-electron chi connectivity index (χ4n) is 1.27. The lowest BCUT2D eigenvalue weighted by atomic mass is 10.1. The molecule has 0 aromatic rings. The fourth-order valence-corrected chi connectivity index (χ4v) is 1.27. The molecule has 0 aliphatic rings. The molecule has 0 aliphatic carbocycles. The highest BCUT2D eigenvalue weighted by atomic mass is 16.4. The van der Waals surface area contributed by atoms with Crippen molar-refractivity contribution >= 4 is 12.0 Å². The lowest BCUT2D eigenvalue weighted by molar-refractivity contribution is -0.137. The van der Waals surface area contributed by atoms with Gasteiger partial charge in [-0.05, 0) is 13.3 Å². The Kier molecular flexibility index (Phi) is 6.48. The first-order valence-corrected chi connectivity index (χ1v) is 5.28. The zero-order valence-electron chi connectivity index (χ0n) is 9.93. The summed E-state index contributed by atoms with van der Waals surface area (Å²) in [5.74, 6) is -0.940. The van der Waals surface area contributed by atoms with Crippen molar-refractivity contribution < 1.29 is 19.8 Å². The van der Waals surface area contributed by atoms with Crippen LogP contribution in [0.4, 0.5) is 4.79 Å². The number of carboxylic acid groups (broad SMARTS) is 1. The van der Waals surface area contributed by atoms with E-state index in [0.29, 0.717) is 6.42 Å². The molecule has 16 heavy (non-hydrogen) atoms. The van der Waals surface area contributed by atoms with Crippen molar-refractivity contribution in [3.63, 3.8) is 0 Å². The molecule has 0 radical (unpaired) electrons. The molecule has 94 valence electrons. The van der Waals surface area contributed by atoms with Gasteiger partial charge in [0.1, 0.15) is 0 Å². The zero-order chi connectivity index (χ0) is 12.7. The van der Waals surface area contributed by atoms with Crippen LogP contribution < -0.4 is 5.32 Å². The minimum Gasteiger partial charge on any atom is -0.481 e. The van der Waals surface area contributed by atoms with E-state index in [1.165, 1.54) is 4.90 Å². The molecule has 0 aliphatic heterocycles. The molecule has 0 heterocycles. The molecule has 3 N–H and O–H groups in total. The topological polar surface area (TPSA) is 89.9 Å². The quantitative estimate of drug-likeness (QED) is 0.613. The second-order valence-electron chi connectivity index (χ2n) is 3.88. The van der Waals surface area contributed by atoms with Gasteiger partial charge in [0.05, 0.1) is 12.5 Å². The molecule has 6 heteroatoms. The van der Waals surface area contributed by atoms with E-state index in [9.17, 15) is 9.59 Å². The first-order valence-electron chi connectivity index (χ1n) is 5.28. The largest absolute Gasteiger partial charge is 0.481 e. The number of hydrogen-bond donors (Lipinski definition) is 3. The first kappa shape index (κ1) is 14.7. The number of urea groups is 1. The maximum atomic E-state index is 11.5. The molecule has 6 nitrogen and oxygen atoms in total. The summed E-state index contributed by atoms with van der Waals surface area (Å²) in [5.41, 5.74) is 0. The van der Waals surface area contributed by atoms with Gasteiger partial charge in [0.15, 0.2) is 0 Å². The minimum absolute atomic E-state index is 0.0925. The van der Waals surface area contributed by atoms with Crippen molar-refractivity contribution in [2.45, 2.75) is 38.8 Å². The molecule has 0 aromatic heterocycles. The van der Waals surface area contributed by atoms with Crippen LogP contribution in [0.2, 0.25) is 0 Å². The molecule has 0 saturated heterocycles. The van der Waals surface area contributed by atoms with Crippen molar-refractivity contribution in [2.75, 3.05) is 13.6 Å². The van der Waals surface area contributed by atoms with Gasteiger partial charge in [0.25, 0.3) is 0 Å². The van der Waals surface area contributed by atoms with Gasteiger partial charge in [-0.2, -0.15) is 0 Å². The first-order chi connectivity index (χ1) is 7.36. The van der Waals surface area contributed by atoms with Gasteiger partial charge in [-0.25, -0.2) is 4.79 Å². The third kappa shape index (κ3) is 6.23. The van der Waals surface area contributed by atoms with E-state index >= 15 is 0 Å². The second kappa shape index (κ2) is 7.05. The fraction of sp³-hybridized carbons (Fsp3) is 0.800. The Morgan fingerprint density at radius 2 is 2.00 bits per heavy atom. The summed E-state index contributed by atoms with van der Waals surface area (Å²) in [4.78, 5) is 23.4. The van der Waals surface area contributed by atoms with Gasteiger partial charge in [0.2, 0.25) is 0 Å².